The molecule has 0 bridgehead atoms. The number of methoxy groups -OCH3 is 1. The summed E-state index contributed by atoms with van der Waals surface area (Å²) in [5, 5.41) is 5.49. The van der Waals surface area contributed by atoms with Gasteiger partial charge in [0, 0.05) is 24.9 Å². The number of nitrogens with two attached hydrogens (primary N) is 2. The van der Waals surface area contributed by atoms with Gasteiger partial charge in [-0.05, 0) is 40.0 Å². The van der Waals surface area contributed by atoms with Gasteiger partial charge in [0.1, 0.15) is 13.2 Å². The van der Waals surface area contributed by atoms with Crippen LogP contribution < -0.4 is 22.3 Å². The van der Waals surface area contributed by atoms with Crippen molar-refractivity contribution in [2.24, 2.45) is 27.9 Å². The maximum atomic E-state index is 12.9. The second-order valence-electron chi connectivity index (χ2n) is 11.4. The lowest BCUT2D eigenvalue weighted by atomic mass is 9.72. The molecule has 15 heteroatoms. The number of hydrogen-bond donors (Lipinski definition) is 4. The van der Waals surface area contributed by atoms with E-state index in [4.69, 9.17) is 18.9 Å². The van der Waals surface area contributed by atoms with E-state index in [9.17, 15) is 24.0 Å². The Labute approximate surface area is 262 Å². The van der Waals surface area contributed by atoms with Crippen molar-refractivity contribution < 1.29 is 53.1 Å². The maximum absolute atomic E-state index is 12.9. The first-order valence-corrected chi connectivity index (χ1v) is 14.6. The summed E-state index contributed by atoms with van der Waals surface area (Å²) in [6.45, 7) is 14.5. The highest BCUT2D eigenvalue weighted by atomic mass is 16.6. The highest BCUT2D eigenvalue weighted by Crippen LogP contribution is 2.37. The van der Waals surface area contributed by atoms with Crippen LogP contribution in [0.2, 0.25) is 0 Å². The first-order chi connectivity index (χ1) is 20.1. The number of hydrazine groups is 1. The zero-order valence-electron chi connectivity index (χ0n) is 27.9. The standard InChI is InChI=1S/C29H52N2O10.H4N2.H2O/c1-9-27(3,4)25(35)40-19-20-41-26(36)29(7,10-2)21-28(5,6)24(34)31-14-16-39-18-17-38-15-13-30-22(32)11-12-23(33)37-8;1-2;/h9-21H2,1-8H3,(H,30,32)(H,31,34);1-2H2;1H2. The summed E-state index contributed by atoms with van der Waals surface area (Å²) in [6.07, 6.45) is 1.49. The number of nitrogens with one attached hydrogen (secondary N) is 2. The van der Waals surface area contributed by atoms with Crippen molar-refractivity contribution >= 4 is 29.7 Å². The van der Waals surface area contributed by atoms with E-state index in [1.165, 1.54) is 7.11 Å². The van der Waals surface area contributed by atoms with Gasteiger partial charge >= 0.3 is 17.9 Å². The molecule has 2 amide bonds. The molecule has 0 saturated carbocycles. The quantitative estimate of drug-likeness (QED) is 0.0418. The van der Waals surface area contributed by atoms with Crippen molar-refractivity contribution in [3.05, 3.63) is 0 Å². The van der Waals surface area contributed by atoms with E-state index in [1.54, 1.807) is 34.6 Å². The Kier molecular flexibility index (Phi) is 25.3. The molecule has 0 aromatic carbocycles. The first kappa shape index (κ1) is 45.6. The lowest BCUT2D eigenvalue weighted by Crippen LogP contribution is -2.44. The Morgan fingerprint density at radius 2 is 1.16 bits per heavy atom. The molecule has 8 N–H and O–H groups in total. The smallest absolute Gasteiger partial charge is 0.311 e. The normalized spacial score (nSPS) is 12.3. The van der Waals surface area contributed by atoms with Crippen molar-refractivity contribution in [3.8, 4) is 0 Å². The van der Waals surface area contributed by atoms with Crippen LogP contribution in [0.15, 0.2) is 0 Å². The van der Waals surface area contributed by atoms with Gasteiger partial charge in [0.15, 0.2) is 0 Å². The molecule has 15 nitrogen and oxygen atoms in total. The van der Waals surface area contributed by atoms with Gasteiger partial charge < -0.3 is 39.8 Å². The van der Waals surface area contributed by atoms with E-state index in [-0.39, 0.29) is 62.3 Å². The lowest BCUT2D eigenvalue weighted by Gasteiger charge is -2.34. The molecule has 44 heavy (non-hydrogen) atoms. The van der Waals surface area contributed by atoms with E-state index in [0.29, 0.717) is 45.8 Å². The summed E-state index contributed by atoms with van der Waals surface area (Å²) in [6, 6.07) is 0. The molecular formula is C29H58N4O11. The van der Waals surface area contributed by atoms with Crippen LogP contribution in [0.1, 0.15) is 80.6 Å². The van der Waals surface area contributed by atoms with Crippen molar-refractivity contribution in [1.82, 2.24) is 10.6 Å². The molecule has 0 aromatic heterocycles. The highest BCUT2D eigenvalue weighted by Gasteiger charge is 2.42. The lowest BCUT2D eigenvalue weighted by molar-refractivity contribution is -0.165. The van der Waals surface area contributed by atoms with Gasteiger partial charge in [-0.25, -0.2) is 0 Å². The number of carbonyl (C=O) groups is 5. The predicted octanol–water partition coefficient (Wildman–Crippen LogP) is 0.555. The van der Waals surface area contributed by atoms with Crippen LogP contribution in [-0.4, -0.2) is 95.0 Å². The fraction of sp³-hybridized carbons (Fsp3) is 0.828. The molecule has 0 aliphatic heterocycles. The second kappa shape index (κ2) is 24.5. The minimum absolute atomic E-state index is 0. The van der Waals surface area contributed by atoms with Crippen LogP contribution in [-0.2, 0) is 47.7 Å². The number of rotatable bonds is 22. The molecule has 0 rings (SSSR count). The molecular weight excluding hydrogens is 580 g/mol. The minimum Gasteiger partial charge on any atom is -0.469 e. The number of ether oxygens (including phenoxy) is 5. The van der Waals surface area contributed by atoms with E-state index in [2.05, 4.69) is 27.1 Å². The van der Waals surface area contributed by atoms with Crippen LogP contribution >= 0.6 is 0 Å². The topological polar surface area (TPSA) is 239 Å². The Morgan fingerprint density at radius 1 is 0.659 bits per heavy atom. The van der Waals surface area contributed by atoms with E-state index in [1.807, 2.05) is 13.8 Å². The van der Waals surface area contributed by atoms with Crippen LogP contribution in [0.25, 0.3) is 0 Å². The van der Waals surface area contributed by atoms with Crippen LogP contribution in [0, 0.1) is 16.2 Å². The van der Waals surface area contributed by atoms with Gasteiger partial charge in [0.05, 0.1) is 50.8 Å². The number of amides is 2. The number of hydrogen-bond acceptors (Lipinski definition) is 12. The number of esters is 3. The van der Waals surface area contributed by atoms with Crippen LogP contribution in [0.4, 0.5) is 0 Å². The van der Waals surface area contributed by atoms with E-state index < -0.39 is 28.2 Å². The highest BCUT2D eigenvalue weighted by molar-refractivity contribution is 5.84. The predicted molar refractivity (Wildman–Crippen MR) is 164 cm³/mol. The third-order valence-electron chi connectivity index (χ3n) is 6.96. The van der Waals surface area contributed by atoms with Crippen molar-refractivity contribution in [3.63, 3.8) is 0 Å². The molecule has 260 valence electrons. The molecule has 0 aliphatic rings. The fourth-order valence-electron chi connectivity index (χ4n) is 3.65. The summed E-state index contributed by atoms with van der Waals surface area (Å²) in [7, 11) is 1.27. The third-order valence-corrected chi connectivity index (χ3v) is 6.96. The van der Waals surface area contributed by atoms with Gasteiger partial charge in [0.2, 0.25) is 11.8 Å². The average molecular weight is 639 g/mol. The molecule has 0 heterocycles. The summed E-state index contributed by atoms with van der Waals surface area (Å²) in [5.74, 6) is 6.34. The minimum atomic E-state index is -0.887. The first-order valence-electron chi connectivity index (χ1n) is 14.6. The van der Waals surface area contributed by atoms with Gasteiger partial charge in [-0.3, -0.25) is 35.7 Å². The molecule has 1 unspecified atom stereocenters. The van der Waals surface area contributed by atoms with Crippen LogP contribution in [0.3, 0.4) is 0 Å². The monoisotopic (exact) mass is 638 g/mol. The Bertz CT molecular complexity index is 853. The Hall–Kier alpha value is -2.85. The molecule has 0 fully saturated rings. The van der Waals surface area contributed by atoms with Crippen LogP contribution in [0.5, 0.6) is 0 Å². The molecule has 0 aromatic rings. The summed E-state index contributed by atoms with van der Waals surface area (Å²) >= 11 is 0. The van der Waals surface area contributed by atoms with E-state index >= 15 is 0 Å². The van der Waals surface area contributed by atoms with Gasteiger partial charge in [-0.15, -0.1) is 0 Å². The maximum Gasteiger partial charge on any atom is 0.311 e. The summed E-state index contributed by atoms with van der Waals surface area (Å²) < 4.78 is 26.0. The van der Waals surface area contributed by atoms with E-state index in [0.717, 1.165) is 0 Å². The molecule has 0 aliphatic carbocycles. The molecule has 0 saturated heterocycles. The average Bonchev–Trinajstić information content (AvgIpc) is 2.98. The third kappa shape index (κ3) is 19.4. The molecule has 0 radical (unpaired) electrons. The summed E-state index contributed by atoms with van der Waals surface area (Å²) in [4.78, 5) is 60.3. The Morgan fingerprint density at radius 3 is 1.64 bits per heavy atom. The van der Waals surface area contributed by atoms with Crippen molar-refractivity contribution in [2.75, 3.05) is 59.8 Å². The Balaban J connectivity index is -0.00000548. The number of carbonyl (C=O) groups excluding carboxylic acids is 5. The fourth-order valence-corrected chi connectivity index (χ4v) is 3.65. The molecule has 0 spiro atoms. The summed E-state index contributed by atoms with van der Waals surface area (Å²) in [5.41, 5.74) is -2.32. The van der Waals surface area contributed by atoms with Gasteiger partial charge in [-0.2, -0.15) is 0 Å². The van der Waals surface area contributed by atoms with Crippen molar-refractivity contribution in [1.29, 1.82) is 0 Å². The molecule has 1 atom stereocenters. The van der Waals surface area contributed by atoms with Gasteiger partial charge in [-0.1, -0.05) is 27.7 Å². The van der Waals surface area contributed by atoms with Gasteiger partial charge in [0.25, 0.3) is 0 Å². The zero-order chi connectivity index (χ0) is 33.5. The second-order valence-corrected chi connectivity index (χ2v) is 11.4. The SMILES string of the molecule is CCC(C)(C)C(=O)OCCOC(=O)C(C)(CC)CC(C)(C)C(=O)NCCOCCOCCNC(=O)CCC(=O)OC.NN.O. The van der Waals surface area contributed by atoms with Crippen molar-refractivity contribution in [2.45, 2.75) is 80.6 Å². The zero-order valence-corrected chi connectivity index (χ0v) is 27.9. The largest absolute Gasteiger partial charge is 0.469 e.